The van der Waals surface area contributed by atoms with Crippen molar-refractivity contribution in [3.05, 3.63) is 0 Å². The Morgan fingerprint density at radius 2 is 1.80 bits per heavy atom. The van der Waals surface area contributed by atoms with Crippen LogP contribution in [0.15, 0.2) is 0 Å². The Balaban J connectivity index is 2.44. The van der Waals surface area contributed by atoms with Crippen LogP contribution in [0.1, 0.15) is 40.5 Å². The number of carbonyl (C=O) groups excluding carboxylic acids is 1. The molecule has 1 saturated heterocycles. The third-order valence-corrected chi connectivity index (χ3v) is 2.59. The van der Waals surface area contributed by atoms with E-state index in [0.29, 0.717) is 5.92 Å². The summed E-state index contributed by atoms with van der Waals surface area (Å²) in [6, 6.07) is 0. The van der Waals surface area contributed by atoms with Crippen molar-refractivity contribution in [2.45, 2.75) is 40.5 Å². The van der Waals surface area contributed by atoms with Gasteiger partial charge in [-0.2, -0.15) is 0 Å². The Labute approximate surface area is 93.0 Å². The standard InChI is InChI=1S/C13H21NO/c1-11(15)14-9-6-12(7-10-14)5-8-13(2,3)4/h12H,6-7,9-10H2,1-4H3. The van der Waals surface area contributed by atoms with Crippen molar-refractivity contribution in [1.82, 2.24) is 4.90 Å². The molecule has 1 fully saturated rings. The summed E-state index contributed by atoms with van der Waals surface area (Å²) in [5, 5.41) is 0. The number of amides is 1. The smallest absolute Gasteiger partial charge is 0.219 e. The molecule has 1 heterocycles. The number of rotatable bonds is 0. The van der Waals surface area contributed by atoms with Gasteiger partial charge in [0.05, 0.1) is 0 Å². The van der Waals surface area contributed by atoms with Crippen LogP contribution in [-0.4, -0.2) is 23.9 Å². The molecular weight excluding hydrogens is 186 g/mol. The summed E-state index contributed by atoms with van der Waals surface area (Å²) < 4.78 is 0. The molecule has 0 aromatic heterocycles. The van der Waals surface area contributed by atoms with E-state index < -0.39 is 0 Å². The van der Waals surface area contributed by atoms with Crippen molar-refractivity contribution in [2.75, 3.05) is 13.1 Å². The van der Waals surface area contributed by atoms with Crippen LogP contribution in [0.2, 0.25) is 0 Å². The van der Waals surface area contributed by atoms with E-state index in [-0.39, 0.29) is 11.3 Å². The average molecular weight is 207 g/mol. The lowest BCUT2D eigenvalue weighted by atomic mass is 9.93. The van der Waals surface area contributed by atoms with E-state index in [1.165, 1.54) is 0 Å². The van der Waals surface area contributed by atoms with Crippen LogP contribution >= 0.6 is 0 Å². The summed E-state index contributed by atoms with van der Waals surface area (Å²) in [6.45, 7) is 9.78. The summed E-state index contributed by atoms with van der Waals surface area (Å²) in [7, 11) is 0. The molecule has 1 aliphatic heterocycles. The predicted molar refractivity (Wildman–Crippen MR) is 62.2 cm³/mol. The highest BCUT2D eigenvalue weighted by Crippen LogP contribution is 2.18. The lowest BCUT2D eigenvalue weighted by Gasteiger charge is -2.29. The third-order valence-electron chi connectivity index (χ3n) is 2.59. The van der Waals surface area contributed by atoms with E-state index in [2.05, 4.69) is 32.6 Å². The summed E-state index contributed by atoms with van der Waals surface area (Å²) in [6.07, 6.45) is 2.06. The Kier molecular flexibility index (Phi) is 3.79. The molecule has 0 spiro atoms. The zero-order valence-corrected chi connectivity index (χ0v) is 10.3. The van der Waals surface area contributed by atoms with Crippen molar-refractivity contribution < 1.29 is 4.79 Å². The molecule has 1 amide bonds. The first kappa shape index (κ1) is 12.1. The highest BCUT2D eigenvalue weighted by molar-refractivity contribution is 5.73. The van der Waals surface area contributed by atoms with Gasteiger partial charge in [0, 0.05) is 31.3 Å². The minimum atomic E-state index is 0.0950. The van der Waals surface area contributed by atoms with Crippen molar-refractivity contribution in [1.29, 1.82) is 0 Å². The number of nitrogens with zero attached hydrogens (tertiary/aromatic N) is 1. The maximum atomic E-state index is 11.1. The maximum absolute atomic E-state index is 11.1. The van der Waals surface area contributed by atoms with Gasteiger partial charge in [0.15, 0.2) is 0 Å². The molecule has 0 aromatic rings. The molecule has 2 nitrogen and oxygen atoms in total. The van der Waals surface area contributed by atoms with E-state index >= 15 is 0 Å². The van der Waals surface area contributed by atoms with Gasteiger partial charge in [-0.3, -0.25) is 4.79 Å². The van der Waals surface area contributed by atoms with Gasteiger partial charge < -0.3 is 4.90 Å². The van der Waals surface area contributed by atoms with Gasteiger partial charge >= 0.3 is 0 Å². The molecule has 0 aliphatic carbocycles. The third kappa shape index (κ3) is 4.38. The first-order chi connectivity index (χ1) is 6.88. The highest BCUT2D eigenvalue weighted by Gasteiger charge is 2.19. The lowest BCUT2D eigenvalue weighted by molar-refractivity contribution is -0.129. The molecule has 0 atom stereocenters. The van der Waals surface area contributed by atoms with Crippen LogP contribution in [0.5, 0.6) is 0 Å². The molecule has 0 radical (unpaired) electrons. The van der Waals surface area contributed by atoms with Gasteiger partial charge in [0.2, 0.25) is 5.91 Å². The lowest BCUT2D eigenvalue weighted by Crippen LogP contribution is -2.36. The molecule has 0 saturated carbocycles. The second-order valence-electron chi connectivity index (χ2n) is 5.30. The Bertz CT molecular complexity index is 282. The zero-order valence-electron chi connectivity index (χ0n) is 10.3. The fourth-order valence-corrected chi connectivity index (χ4v) is 1.66. The summed E-state index contributed by atoms with van der Waals surface area (Å²) in [5.41, 5.74) is 0.0950. The van der Waals surface area contributed by atoms with Crippen molar-refractivity contribution >= 4 is 5.91 Å². The van der Waals surface area contributed by atoms with E-state index in [0.717, 1.165) is 25.9 Å². The minimum Gasteiger partial charge on any atom is -0.343 e. The first-order valence-corrected chi connectivity index (χ1v) is 5.67. The Morgan fingerprint density at radius 3 is 2.20 bits per heavy atom. The van der Waals surface area contributed by atoms with Crippen LogP contribution in [0.4, 0.5) is 0 Å². The van der Waals surface area contributed by atoms with E-state index in [1.54, 1.807) is 6.92 Å². The number of carbonyl (C=O) groups is 1. The molecule has 0 unspecified atom stereocenters. The monoisotopic (exact) mass is 207 g/mol. The van der Waals surface area contributed by atoms with Gasteiger partial charge in [-0.15, -0.1) is 0 Å². The van der Waals surface area contributed by atoms with Crippen LogP contribution in [0.3, 0.4) is 0 Å². The number of hydrogen-bond acceptors (Lipinski definition) is 1. The second kappa shape index (κ2) is 4.70. The van der Waals surface area contributed by atoms with Gasteiger partial charge in [0.1, 0.15) is 0 Å². The van der Waals surface area contributed by atoms with E-state index in [1.807, 2.05) is 4.90 Å². The quantitative estimate of drug-likeness (QED) is 0.558. The van der Waals surface area contributed by atoms with E-state index in [4.69, 9.17) is 0 Å². The fraction of sp³-hybridized carbons (Fsp3) is 0.769. The molecule has 84 valence electrons. The molecule has 1 aliphatic rings. The first-order valence-electron chi connectivity index (χ1n) is 5.67. The largest absolute Gasteiger partial charge is 0.343 e. The Morgan fingerprint density at radius 1 is 1.27 bits per heavy atom. The normalized spacial score (nSPS) is 18.3. The molecule has 2 heteroatoms. The fourth-order valence-electron chi connectivity index (χ4n) is 1.66. The molecule has 1 rings (SSSR count). The van der Waals surface area contributed by atoms with Gasteiger partial charge in [-0.1, -0.05) is 11.8 Å². The van der Waals surface area contributed by atoms with Gasteiger partial charge in [0.25, 0.3) is 0 Å². The molecule has 0 N–H and O–H groups in total. The SMILES string of the molecule is CC(=O)N1CCC(C#CC(C)(C)C)CC1. The molecule has 0 aromatic carbocycles. The number of likely N-dealkylation sites (tertiary alicyclic amines) is 1. The van der Waals surface area contributed by atoms with Crippen LogP contribution in [-0.2, 0) is 4.79 Å². The molecule has 0 bridgehead atoms. The highest BCUT2D eigenvalue weighted by atomic mass is 16.2. The van der Waals surface area contributed by atoms with Crippen molar-refractivity contribution in [3.63, 3.8) is 0 Å². The van der Waals surface area contributed by atoms with Crippen LogP contribution < -0.4 is 0 Å². The zero-order chi connectivity index (χ0) is 11.5. The number of hydrogen-bond donors (Lipinski definition) is 0. The maximum Gasteiger partial charge on any atom is 0.219 e. The van der Waals surface area contributed by atoms with Gasteiger partial charge in [-0.05, 0) is 33.6 Å². The topological polar surface area (TPSA) is 20.3 Å². The van der Waals surface area contributed by atoms with Crippen molar-refractivity contribution in [2.24, 2.45) is 11.3 Å². The summed E-state index contributed by atoms with van der Waals surface area (Å²) >= 11 is 0. The van der Waals surface area contributed by atoms with Crippen molar-refractivity contribution in [3.8, 4) is 11.8 Å². The van der Waals surface area contributed by atoms with Crippen LogP contribution in [0.25, 0.3) is 0 Å². The average Bonchev–Trinajstić information content (AvgIpc) is 2.14. The van der Waals surface area contributed by atoms with Gasteiger partial charge in [-0.25, -0.2) is 0 Å². The number of piperidine rings is 1. The van der Waals surface area contributed by atoms with E-state index in [9.17, 15) is 4.79 Å². The molecule has 15 heavy (non-hydrogen) atoms. The van der Waals surface area contributed by atoms with Crippen LogP contribution in [0, 0.1) is 23.2 Å². The second-order valence-corrected chi connectivity index (χ2v) is 5.30. The summed E-state index contributed by atoms with van der Waals surface area (Å²) in [4.78, 5) is 13.0. The summed E-state index contributed by atoms with van der Waals surface area (Å²) in [5.74, 6) is 7.29. The predicted octanol–water partition coefficient (Wildman–Crippen LogP) is 2.29. The minimum absolute atomic E-state index is 0.0950. The Hall–Kier alpha value is -0.970. The molecular formula is C13H21NO.